The van der Waals surface area contributed by atoms with Gasteiger partial charge in [0.05, 0.1) is 11.1 Å². The van der Waals surface area contributed by atoms with E-state index in [2.05, 4.69) is 4.90 Å². The molecule has 5 heteroatoms. The number of allylic oxidation sites excluding steroid dienone is 2. The van der Waals surface area contributed by atoms with Crippen LogP contribution in [0.4, 0.5) is 0 Å². The van der Waals surface area contributed by atoms with Gasteiger partial charge in [-0.25, -0.2) is 0 Å². The molecule has 0 N–H and O–H groups in total. The number of rotatable bonds is 3. The lowest BCUT2D eigenvalue weighted by molar-refractivity contribution is 0.0948. The fourth-order valence-corrected chi connectivity index (χ4v) is 3.70. The number of Topliss-reactive ketones (excluding diaryl/α,β-unsaturated/α-hetero) is 1. The summed E-state index contributed by atoms with van der Waals surface area (Å²) in [4.78, 5) is 14.9. The number of carbonyl (C=O) groups is 1. The fourth-order valence-electron chi connectivity index (χ4n) is 3.57. The van der Waals surface area contributed by atoms with E-state index in [-0.39, 0.29) is 5.78 Å². The van der Waals surface area contributed by atoms with E-state index in [1.54, 1.807) is 0 Å². The Labute approximate surface area is 164 Å². The van der Waals surface area contributed by atoms with Crippen LogP contribution in [0.25, 0.3) is 0 Å². The van der Waals surface area contributed by atoms with Crippen LogP contribution in [0.2, 0.25) is 5.02 Å². The Balaban J connectivity index is 1.57. The summed E-state index contributed by atoms with van der Waals surface area (Å²) >= 11 is 5.95. The molecule has 2 aromatic carbocycles. The lowest BCUT2D eigenvalue weighted by atomic mass is 9.98. The van der Waals surface area contributed by atoms with Crippen LogP contribution in [0.5, 0.6) is 11.5 Å². The molecule has 0 bridgehead atoms. The molecule has 0 atom stereocenters. The van der Waals surface area contributed by atoms with Crippen LogP contribution in [0, 0.1) is 6.92 Å². The van der Waals surface area contributed by atoms with E-state index >= 15 is 0 Å². The zero-order chi connectivity index (χ0) is 19.1. The van der Waals surface area contributed by atoms with Gasteiger partial charge in [0.2, 0.25) is 5.78 Å². The van der Waals surface area contributed by atoms with Crippen LogP contribution in [0.15, 0.2) is 41.7 Å². The summed E-state index contributed by atoms with van der Waals surface area (Å²) < 4.78 is 12.0. The van der Waals surface area contributed by atoms with Gasteiger partial charge in [0.25, 0.3) is 0 Å². The van der Waals surface area contributed by atoms with Crippen molar-refractivity contribution in [2.75, 3.05) is 13.3 Å². The maximum Gasteiger partial charge on any atom is 0.232 e. The topological polar surface area (TPSA) is 38.8 Å². The highest BCUT2D eigenvalue weighted by atomic mass is 35.5. The van der Waals surface area contributed by atoms with Crippen molar-refractivity contribution < 1.29 is 14.3 Å². The summed E-state index contributed by atoms with van der Waals surface area (Å²) in [6.07, 6.45) is 0.906. The molecule has 27 heavy (non-hydrogen) atoms. The second kappa shape index (κ2) is 7.02. The van der Waals surface area contributed by atoms with Gasteiger partial charge >= 0.3 is 0 Å². The van der Waals surface area contributed by atoms with Crippen molar-refractivity contribution in [1.82, 2.24) is 4.90 Å². The van der Waals surface area contributed by atoms with E-state index in [1.807, 2.05) is 51.1 Å². The van der Waals surface area contributed by atoms with Crippen molar-refractivity contribution in [3.05, 3.63) is 68.9 Å². The third kappa shape index (κ3) is 3.35. The number of hydrogen-bond donors (Lipinski definition) is 0. The standard InChI is InChI=1S/C22H22ClNO3/c1-13(2)21-20(25)19-14(3)10-18-17(22(19)27-21)11-24(12-26-18)9-8-15-4-6-16(23)7-5-15/h4-7,10H,8-9,11-12H2,1-3H3. The SMILES string of the molecule is CC(C)=C1Oc2c3c(cc(C)c2C1=O)OCN(CCc1ccc(Cl)cc1)C3. The third-order valence-corrected chi connectivity index (χ3v) is 5.30. The van der Waals surface area contributed by atoms with Crippen molar-refractivity contribution in [1.29, 1.82) is 0 Å². The Morgan fingerprint density at radius 1 is 1.22 bits per heavy atom. The van der Waals surface area contributed by atoms with Crippen LogP contribution in [-0.4, -0.2) is 24.0 Å². The van der Waals surface area contributed by atoms with Crippen LogP contribution in [0.3, 0.4) is 0 Å². The van der Waals surface area contributed by atoms with Gasteiger partial charge in [0.15, 0.2) is 5.76 Å². The maximum atomic E-state index is 12.7. The monoisotopic (exact) mass is 383 g/mol. The lowest BCUT2D eigenvalue weighted by Gasteiger charge is -2.30. The van der Waals surface area contributed by atoms with E-state index in [0.29, 0.717) is 30.3 Å². The number of nitrogens with zero attached hydrogens (tertiary/aromatic N) is 1. The molecule has 4 nitrogen and oxygen atoms in total. The van der Waals surface area contributed by atoms with Gasteiger partial charge in [-0.2, -0.15) is 0 Å². The maximum absolute atomic E-state index is 12.7. The van der Waals surface area contributed by atoms with Crippen LogP contribution >= 0.6 is 11.6 Å². The van der Waals surface area contributed by atoms with Crippen LogP contribution < -0.4 is 9.47 Å². The summed E-state index contributed by atoms with van der Waals surface area (Å²) in [5.41, 5.74) is 4.66. The van der Waals surface area contributed by atoms with E-state index in [1.165, 1.54) is 5.56 Å². The molecular formula is C22H22ClNO3. The van der Waals surface area contributed by atoms with E-state index in [4.69, 9.17) is 21.1 Å². The highest BCUT2D eigenvalue weighted by molar-refractivity contribution is 6.30. The van der Waals surface area contributed by atoms with Gasteiger partial charge in [-0.15, -0.1) is 0 Å². The molecule has 0 aromatic heterocycles. The second-order valence-electron chi connectivity index (χ2n) is 7.34. The molecule has 0 saturated carbocycles. The Kier molecular flexibility index (Phi) is 4.70. The van der Waals surface area contributed by atoms with E-state index < -0.39 is 0 Å². The average molecular weight is 384 g/mol. The Morgan fingerprint density at radius 3 is 2.67 bits per heavy atom. The smallest absolute Gasteiger partial charge is 0.232 e. The third-order valence-electron chi connectivity index (χ3n) is 5.05. The molecule has 0 fully saturated rings. The zero-order valence-electron chi connectivity index (χ0n) is 15.8. The predicted molar refractivity (Wildman–Crippen MR) is 106 cm³/mol. The molecular weight excluding hydrogens is 362 g/mol. The number of hydrogen-bond acceptors (Lipinski definition) is 4. The average Bonchev–Trinajstić information content (AvgIpc) is 3.00. The summed E-state index contributed by atoms with van der Waals surface area (Å²) in [6, 6.07) is 9.87. The normalized spacial score (nSPS) is 15.9. The van der Waals surface area contributed by atoms with E-state index in [0.717, 1.165) is 40.4 Å². The van der Waals surface area contributed by atoms with Crippen molar-refractivity contribution >= 4 is 17.4 Å². The van der Waals surface area contributed by atoms with Crippen molar-refractivity contribution in [2.24, 2.45) is 0 Å². The van der Waals surface area contributed by atoms with Crippen molar-refractivity contribution in [3.8, 4) is 11.5 Å². The number of carbonyl (C=O) groups excluding carboxylic acids is 1. The summed E-state index contributed by atoms with van der Waals surface area (Å²) in [5.74, 6) is 1.91. The number of aryl methyl sites for hydroxylation is 1. The molecule has 0 amide bonds. The molecule has 2 heterocycles. The molecule has 2 aromatic rings. The predicted octanol–water partition coefficient (Wildman–Crippen LogP) is 4.91. The highest BCUT2D eigenvalue weighted by Gasteiger charge is 2.35. The molecule has 140 valence electrons. The summed E-state index contributed by atoms with van der Waals surface area (Å²) in [5, 5.41) is 0.747. The van der Waals surface area contributed by atoms with E-state index in [9.17, 15) is 4.79 Å². The first-order chi connectivity index (χ1) is 12.9. The Hall–Kier alpha value is -2.30. The number of ether oxygens (including phenoxy) is 2. The van der Waals surface area contributed by atoms with Crippen molar-refractivity contribution in [3.63, 3.8) is 0 Å². The summed E-state index contributed by atoms with van der Waals surface area (Å²) in [6.45, 7) is 7.82. The fraction of sp³-hybridized carbons (Fsp3) is 0.318. The van der Waals surface area contributed by atoms with Gasteiger partial charge in [-0.05, 0) is 62.1 Å². The largest absolute Gasteiger partial charge is 0.478 e. The van der Waals surface area contributed by atoms with Crippen molar-refractivity contribution in [2.45, 2.75) is 33.7 Å². The van der Waals surface area contributed by atoms with Gasteiger partial charge < -0.3 is 9.47 Å². The minimum Gasteiger partial charge on any atom is -0.478 e. The molecule has 4 rings (SSSR count). The number of ketones is 1. The van der Waals surface area contributed by atoms with Crippen LogP contribution in [0.1, 0.15) is 40.9 Å². The molecule has 2 aliphatic heterocycles. The number of fused-ring (bicyclic) bond motifs is 3. The second-order valence-corrected chi connectivity index (χ2v) is 7.77. The van der Waals surface area contributed by atoms with Gasteiger partial charge in [-0.1, -0.05) is 23.7 Å². The van der Waals surface area contributed by atoms with Gasteiger partial charge in [-0.3, -0.25) is 9.69 Å². The zero-order valence-corrected chi connectivity index (χ0v) is 16.5. The van der Waals surface area contributed by atoms with Gasteiger partial charge in [0, 0.05) is 18.1 Å². The minimum absolute atomic E-state index is 0.0245. The minimum atomic E-state index is -0.0245. The highest BCUT2D eigenvalue weighted by Crippen LogP contribution is 2.44. The molecule has 0 saturated heterocycles. The molecule has 0 radical (unpaired) electrons. The lowest BCUT2D eigenvalue weighted by Crippen LogP contribution is -2.33. The summed E-state index contributed by atoms with van der Waals surface area (Å²) in [7, 11) is 0. The van der Waals surface area contributed by atoms with Crippen LogP contribution in [-0.2, 0) is 13.0 Å². The van der Waals surface area contributed by atoms with Gasteiger partial charge in [0.1, 0.15) is 18.2 Å². The first kappa shape index (κ1) is 18.1. The molecule has 0 unspecified atom stereocenters. The number of halogens is 1. The first-order valence-electron chi connectivity index (χ1n) is 9.10. The molecule has 0 spiro atoms. The Morgan fingerprint density at radius 2 is 1.96 bits per heavy atom. The first-order valence-corrected chi connectivity index (χ1v) is 9.48. The molecule has 2 aliphatic rings. The molecule has 0 aliphatic carbocycles. The Bertz CT molecular complexity index is 943. The quantitative estimate of drug-likeness (QED) is 0.706. The number of benzene rings is 2.